The summed E-state index contributed by atoms with van der Waals surface area (Å²) >= 11 is 0. The number of hydrogen-bond acceptors (Lipinski definition) is 4. The summed E-state index contributed by atoms with van der Waals surface area (Å²) in [7, 11) is -8.99. The monoisotopic (exact) mass is 657 g/mol. The second-order valence-corrected chi connectivity index (χ2v) is 12.0. The van der Waals surface area contributed by atoms with Crippen LogP contribution in [0.3, 0.4) is 0 Å². The van der Waals surface area contributed by atoms with Crippen LogP contribution in [-0.2, 0) is 20.1 Å². The molecule has 0 aromatic heterocycles. The van der Waals surface area contributed by atoms with Gasteiger partial charge in [-0.3, -0.25) is 4.55 Å². The Labute approximate surface area is 210 Å². The molecule has 0 saturated heterocycles. The highest BCUT2D eigenvalue weighted by molar-refractivity contribution is 7.90. The molecule has 24 heteroatoms. The molecule has 0 rings (SSSR count). The molecule has 0 aromatic carbocycles. The van der Waals surface area contributed by atoms with E-state index in [2.05, 4.69) is 0 Å². The molecule has 0 aliphatic heterocycles. The first-order valence-electron chi connectivity index (χ1n) is 9.76. The molecule has 0 spiro atoms. The van der Waals surface area contributed by atoms with E-state index in [0.717, 1.165) is 0 Å². The molecule has 0 unspecified atom stereocenters. The zero-order valence-corrected chi connectivity index (χ0v) is 20.9. The Kier molecular flexibility index (Phi) is 10.5. The van der Waals surface area contributed by atoms with Gasteiger partial charge in [0.2, 0.25) is 0 Å². The van der Waals surface area contributed by atoms with Crippen LogP contribution < -0.4 is 4.72 Å². The molecule has 236 valence electrons. The molecule has 0 aromatic rings. The van der Waals surface area contributed by atoms with Crippen LogP contribution in [0.4, 0.5) is 65.9 Å². The first kappa shape index (κ1) is 37.7. The van der Waals surface area contributed by atoms with Crippen molar-refractivity contribution >= 4 is 20.1 Å². The molecule has 0 aliphatic rings. The third kappa shape index (κ3) is 7.15. The molecule has 0 radical (unpaired) electrons. The average Bonchev–Trinajstić information content (AvgIpc) is 2.68. The van der Waals surface area contributed by atoms with Crippen molar-refractivity contribution in [3.05, 3.63) is 0 Å². The van der Waals surface area contributed by atoms with E-state index in [1.165, 1.54) is 14.1 Å². The van der Waals surface area contributed by atoms with Gasteiger partial charge in [0.05, 0.1) is 32.9 Å². The van der Waals surface area contributed by atoms with Gasteiger partial charge in [0.25, 0.3) is 20.1 Å². The lowest BCUT2D eigenvalue weighted by Crippen LogP contribution is -2.73. The lowest BCUT2D eigenvalue weighted by molar-refractivity contribution is -0.890. The minimum atomic E-state index is -8.61. The van der Waals surface area contributed by atoms with Crippen LogP contribution in [0.2, 0.25) is 0 Å². The van der Waals surface area contributed by atoms with Gasteiger partial charge >= 0.3 is 41.0 Å². The second kappa shape index (κ2) is 10.9. The normalized spacial score (nSPS) is 16.1. The number of rotatable bonds is 15. The van der Waals surface area contributed by atoms with Crippen molar-refractivity contribution in [1.29, 1.82) is 0 Å². The molecule has 2 N–H and O–H groups in total. The molecule has 0 aliphatic carbocycles. The quantitative estimate of drug-likeness (QED) is 0.120. The molecule has 7 nitrogen and oxygen atoms in total. The highest BCUT2D eigenvalue weighted by Gasteiger charge is 2.94. The van der Waals surface area contributed by atoms with Gasteiger partial charge in [-0.2, -0.15) is 74.3 Å². The largest absolute Gasteiger partial charge is 0.460 e. The van der Waals surface area contributed by atoms with Gasteiger partial charge < -0.3 is 4.48 Å². The highest BCUT2D eigenvalue weighted by atomic mass is 32.2. The van der Waals surface area contributed by atoms with Crippen molar-refractivity contribution in [3.63, 3.8) is 0 Å². The third-order valence-electron chi connectivity index (χ3n) is 5.03. The van der Waals surface area contributed by atoms with Crippen LogP contribution in [0.15, 0.2) is 0 Å². The molecule has 0 atom stereocenters. The maximum Gasteiger partial charge on any atom is 0.460 e. The first-order valence-corrected chi connectivity index (χ1v) is 12.9. The Balaban J connectivity index is 5.91. The van der Waals surface area contributed by atoms with Crippen LogP contribution >= 0.6 is 0 Å². The molecule has 0 bridgehead atoms. The number of alkyl halides is 15. The Morgan fingerprint density at radius 1 is 0.615 bits per heavy atom. The van der Waals surface area contributed by atoms with Crippen molar-refractivity contribution in [2.45, 2.75) is 53.9 Å². The number of hydrogen-bond donors (Lipinski definition) is 2. The summed E-state index contributed by atoms with van der Waals surface area (Å²) in [5, 5.41) is -7.49. The summed E-state index contributed by atoms with van der Waals surface area (Å²) in [5.74, 6) is -42.7. The first-order chi connectivity index (χ1) is 16.7. The van der Waals surface area contributed by atoms with E-state index in [1.54, 1.807) is 0 Å². The standard InChI is InChI=1S/C15H19F15N2O5S2/c1-32(2,7-4-8-38(33,34)35)6-3-5-31-39(36,37)15(29,30)13(24,25)11(20,21)9(16,17)10(18,19)12(22,23)14(26,27)28/h31H,3-8H2,1-2H3/p+1. The van der Waals surface area contributed by atoms with Crippen LogP contribution in [0.1, 0.15) is 12.8 Å². The highest BCUT2D eigenvalue weighted by Crippen LogP contribution is 2.62. The van der Waals surface area contributed by atoms with Gasteiger partial charge in [-0.1, -0.05) is 0 Å². The summed E-state index contributed by atoms with van der Waals surface area (Å²) in [6.45, 7) is -1.74. The van der Waals surface area contributed by atoms with E-state index in [0.29, 0.717) is 4.72 Å². The molecule has 39 heavy (non-hydrogen) atoms. The molecular formula is C15H20F15N2O5S2+. The number of quaternary nitrogens is 1. The van der Waals surface area contributed by atoms with Crippen molar-refractivity contribution in [1.82, 2.24) is 4.72 Å². The van der Waals surface area contributed by atoms with E-state index in [1.807, 2.05) is 0 Å². The molecular weight excluding hydrogens is 637 g/mol. The minimum absolute atomic E-state index is 0.0845. The third-order valence-corrected chi connectivity index (χ3v) is 7.35. The maximum absolute atomic E-state index is 13.9. The molecule has 0 fully saturated rings. The van der Waals surface area contributed by atoms with Gasteiger partial charge in [-0.15, -0.1) is 0 Å². The van der Waals surface area contributed by atoms with E-state index in [9.17, 15) is 82.7 Å². The fourth-order valence-electron chi connectivity index (χ4n) is 2.71. The zero-order chi connectivity index (χ0) is 31.9. The number of nitrogens with one attached hydrogen (secondary N) is 1. The Bertz CT molecular complexity index is 1070. The predicted octanol–water partition coefficient (Wildman–Crippen LogP) is 3.98. The van der Waals surface area contributed by atoms with Crippen molar-refractivity contribution in [3.8, 4) is 0 Å². The number of halogens is 15. The van der Waals surface area contributed by atoms with Crippen molar-refractivity contribution in [2.75, 3.05) is 39.5 Å². The Morgan fingerprint density at radius 2 is 0.974 bits per heavy atom. The van der Waals surface area contributed by atoms with Gasteiger partial charge in [-0.25, -0.2) is 13.1 Å². The van der Waals surface area contributed by atoms with Crippen LogP contribution in [0.25, 0.3) is 0 Å². The average molecular weight is 657 g/mol. The minimum Gasteiger partial charge on any atom is -0.328 e. The maximum atomic E-state index is 13.9. The van der Waals surface area contributed by atoms with Gasteiger partial charge in [0.15, 0.2) is 0 Å². The Morgan fingerprint density at radius 3 is 1.36 bits per heavy atom. The molecule has 0 amide bonds. The lowest BCUT2D eigenvalue weighted by atomic mass is 9.94. The van der Waals surface area contributed by atoms with Crippen LogP contribution in [0.5, 0.6) is 0 Å². The summed E-state index contributed by atoms with van der Waals surface area (Å²) in [6.07, 6.45) is -8.62. The summed E-state index contributed by atoms with van der Waals surface area (Å²) in [5.41, 5.74) is 0. The fraction of sp³-hybridized carbons (Fsp3) is 1.00. The summed E-state index contributed by atoms with van der Waals surface area (Å²) < 4.78 is 251. The van der Waals surface area contributed by atoms with Crippen molar-refractivity contribution < 1.29 is 91.7 Å². The van der Waals surface area contributed by atoms with E-state index in [4.69, 9.17) is 4.55 Å². The fourth-order valence-corrected chi connectivity index (χ4v) is 4.27. The molecule has 0 heterocycles. The van der Waals surface area contributed by atoms with Gasteiger partial charge in [0, 0.05) is 19.4 Å². The SMILES string of the molecule is C[N+](C)(CCCNS(=O)(=O)C(F)(F)C(F)(F)C(F)(F)C(F)(F)C(F)(F)C(F)(F)C(F)(F)F)CCCS(=O)(=O)O. The lowest BCUT2D eigenvalue weighted by Gasteiger charge is -2.41. The number of nitrogens with zero attached hydrogens (tertiary/aromatic N) is 1. The second-order valence-electron chi connectivity index (χ2n) is 8.66. The Hall–Kier alpha value is -1.27. The van der Waals surface area contributed by atoms with Crippen LogP contribution in [0, 0.1) is 0 Å². The van der Waals surface area contributed by atoms with Crippen molar-refractivity contribution in [2.24, 2.45) is 0 Å². The summed E-state index contributed by atoms with van der Waals surface area (Å²) in [4.78, 5) is 0. The molecule has 0 saturated carbocycles. The smallest absolute Gasteiger partial charge is 0.328 e. The van der Waals surface area contributed by atoms with Gasteiger partial charge in [0.1, 0.15) is 0 Å². The van der Waals surface area contributed by atoms with E-state index < -0.39 is 79.9 Å². The van der Waals surface area contributed by atoms with E-state index in [-0.39, 0.29) is 24.0 Å². The van der Waals surface area contributed by atoms with Crippen LogP contribution in [-0.4, -0.2) is 106 Å². The summed E-state index contributed by atoms with van der Waals surface area (Å²) in [6, 6.07) is 0. The van der Waals surface area contributed by atoms with E-state index >= 15 is 0 Å². The predicted molar refractivity (Wildman–Crippen MR) is 100 cm³/mol. The zero-order valence-electron chi connectivity index (χ0n) is 19.3. The topological polar surface area (TPSA) is 101 Å². The number of sulfonamides is 1. The van der Waals surface area contributed by atoms with Gasteiger partial charge in [-0.05, 0) is 0 Å².